The molecule has 0 amide bonds. The van der Waals surface area contributed by atoms with Crippen molar-refractivity contribution in [2.24, 2.45) is 0 Å². The van der Waals surface area contributed by atoms with Gasteiger partial charge in [-0.25, -0.2) is 0 Å². The maximum atomic E-state index is 6.54. The smallest absolute Gasteiger partial charge is 0.139 e. The van der Waals surface area contributed by atoms with E-state index in [1.807, 2.05) is 6.07 Å². The number of nitrogens with zero attached hydrogens (tertiary/aromatic N) is 1. The van der Waals surface area contributed by atoms with E-state index in [9.17, 15) is 0 Å². The average molecular weight is 702 g/mol. The van der Waals surface area contributed by atoms with Gasteiger partial charge in [0.05, 0.1) is 11.0 Å². The lowest BCUT2D eigenvalue weighted by Gasteiger charge is -2.11. The number of furan rings is 1. The zero-order valence-electron chi connectivity index (χ0n) is 30.1. The van der Waals surface area contributed by atoms with Gasteiger partial charge in [-0.2, -0.15) is 0 Å². The van der Waals surface area contributed by atoms with Crippen molar-refractivity contribution in [3.8, 4) is 39.1 Å². The van der Waals surface area contributed by atoms with Crippen LogP contribution in [0, 0.1) is 0 Å². The highest BCUT2D eigenvalue weighted by Crippen LogP contribution is 2.39. The minimum absolute atomic E-state index is 0.783. The third-order valence-corrected chi connectivity index (χ3v) is 11.2. The van der Waals surface area contributed by atoms with E-state index in [0.29, 0.717) is 0 Å². The van der Waals surface area contributed by atoms with Crippen LogP contribution in [0.4, 0.5) is 0 Å². The number of aromatic nitrogens is 1. The zero-order chi connectivity index (χ0) is 36.3. The molecule has 2 heteroatoms. The molecule has 0 spiro atoms. The molecule has 2 nitrogen and oxygen atoms in total. The molecular weight excluding hydrogens is 667 g/mol. The summed E-state index contributed by atoms with van der Waals surface area (Å²) in [5.74, 6) is 0. The van der Waals surface area contributed by atoms with Gasteiger partial charge >= 0.3 is 0 Å². The Morgan fingerprint density at radius 1 is 0.382 bits per heavy atom. The van der Waals surface area contributed by atoms with Crippen LogP contribution in [0.5, 0.6) is 0 Å². The normalized spacial score (nSPS) is 11.7. The molecule has 258 valence electrons. The molecule has 11 aromatic rings. The van der Waals surface area contributed by atoms with Crippen LogP contribution in [0.1, 0.15) is 11.1 Å². The van der Waals surface area contributed by atoms with Crippen molar-refractivity contribution in [1.82, 2.24) is 4.57 Å². The summed E-state index contributed by atoms with van der Waals surface area (Å²) in [6.45, 7) is 0. The topological polar surface area (TPSA) is 18.1 Å². The number of fused-ring (bicyclic) bond motifs is 8. The van der Waals surface area contributed by atoms with Crippen molar-refractivity contribution in [2.75, 3.05) is 0 Å². The molecule has 0 aliphatic carbocycles. The van der Waals surface area contributed by atoms with E-state index in [2.05, 4.69) is 199 Å². The molecule has 0 saturated carbocycles. The van der Waals surface area contributed by atoms with Crippen molar-refractivity contribution < 1.29 is 4.42 Å². The number of benzene rings is 9. The molecule has 2 aromatic heterocycles. The minimum Gasteiger partial charge on any atom is -0.456 e. The Morgan fingerprint density at radius 2 is 0.964 bits per heavy atom. The minimum atomic E-state index is 0.783. The first kappa shape index (κ1) is 31.4. The molecule has 0 aliphatic rings. The van der Waals surface area contributed by atoms with Gasteiger partial charge in [-0.05, 0) is 104 Å². The monoisotopic (exact) mass is 701 g/mol. The van der Waals surface area contributed by atoms with E-state index in [4.69, 9.17) is 4.42 Å². The maximum absolute atomic E-state index is 6.54. The summed E-state index contributed by atoms with van der Waals surface area (Å²) in [7, 11) is 0. The summed E-state index contributed by atoms with van der Waals surface area (Å²) < 4.78 is 8.91. The third-order valence-electron chi connectivity index (χ3n) is 11.2. The lowest BCUT2D eigenvalue weighted by Crippen LogP contribution is -1.92. The first-order chi connectivity index (χ1) is 27.2. The van der Waals surface area contributed by atoms with Gasteiger partial charge < -0.3 is 8.98 Å². The molecule has 11 rings (SSSR count). The first-order valence-corrected chi connectivity index (χ1v) is 19.0. The van der Waals surface area contributed by atoms with Crippen LogP contribution in [0.3, 0.4) is 0 Å². The van der Waals surface area contributed by atoms with Crippen LogP contribution in [0.25, 0.3) is 93.6 Å². The second-order valence-electron chi connectivity index (χ2n) is 14.5. The van der Waals surface area contributed by atoms with Crippen molar-refractivity contribution in [1.29, 1.82) is 0 Å². The maximum Gasteiger partial charge on any atom is 0.139 e. The third kappa shape index (κ3) is 5.34. The van der Waals surface area contributed by atoms with Crippen LogP contribution in [0.15, 0.2) is 205 Å². The summed E-state index contributed by atoms with van der Waals surface area (Å²) in [6.07, 6.45) is 0.783. The molecular formula is C53H35NO. The summed E-state index contributed by atoms with van der Waals surface area (Å²) in [4.78, 5) is 0. The average Bonchev–Trinajstić information content (AvgIpc) is 3.81. The second-order valence-corrected chi connectivity index (χ2v) is 14.5. The van der Waals surface area contributed by atoms with Gasteiger partial charge in [0.25, 0.3) is 0 Å². The SMILES string of the molecule is c1ccc(-n2c3ccccc3c3cc(-c4cccc(-c5cccc(-c6cccc(Cc7cc8ccccc8c8c7oc7ccccc78)c6)c5)c4)ccc32)cc1. The Hall–Kier alpha value is -7.16. The molecule has 0 bridgehead atoms. The quantitative estimate of drug-likeness (QED) is 0.169. The Morgan fingerprint density at radius 3 is 1.73 bits per heavy atom. The Labute approximate surface area is 319 Å². The Bertz CT molecular complexity index is 3240. The number of hydrogen-bond acceptors (Lipinski definition) is 1. The number of para-hydroxylation sites is 3. The molecule has 2 heterocycles. The lowest BCUT2D eigenvalue weighted by atomic mass is 9.93. The van der Waals surface area contributed by atoms with Crippen LogP contribution < -0.4 is 0 Å². The molecule has 0 aliphatic heterocycles. The van der Waals surface area contributed by atoms with E-state index in [-0.39, 0.29) is 0 Å². The zero-order valence-corrected chi connectivity index (χ0v) is 30.1. The molecule has 0 atom stereocenters. The summed E-state index contributed by atoms with van der Waals surface area (Å²) in [5, 5.41) is 7.36. The van der Waals surface area contributed by atoms with Gasteiger partial charge in [0.2, 0.25) is 0 Å². The highest BCUT2D eigenvalue weighted by Gasteiger charge is 2.16. The van der Waals surface area contributed by atoms with Crippen LogP contribution >= 0.6 is 0 Å². The Balaban J connectivity index is 0.937. The Kier molecular flexibility index (Phi) is 7.28. The van der Waals surface area contributed by atoms with E-state index >= 15 is 0 Å². The van der Waals surface area contributed by atoms with Gasteiger partial charge in [0.15, 0.2) is 0 Å². The van der Waals surface area contributed by atoms with E-state index < -0.39 is 0 Å². The van der Waals surface area contributed by atoms with Crippen LogP contribution in [-0.4, -0.2) is 4.57 Å². The molecule has 0 fully saturated rings. The van der Waals surface area contributed by atoms with E-state index in [1.165, 1.54) is 93.5 Å². The summed E-state index contributed by atoms with van der Waals surface area (Å²) >= 11 is 0. The van der Waals surface area contributed by atoms with Crippen LogP contribution in [-0.2, 0) is 6.42 Å². The molecule has 55 heavy (non-hydrogen) atoms. The predicted molar refractivity (Wildman–Crippen MR) is 231 cm³/mol. The lowest BCUT2D eigenvalue weighted by molar-refractivity contribution is 0.664. The van der Waals surface area contributed by atoms with Crippen molar-refractivity contribution >= 4 is 54.5 Å². The number of hydrogen-bond donors (Lipinski definition) is 0. The molecule has 0 radical (unpaired) electrons. The van der Waals surface area contributed by atoms with Gasteiger partial charge in [0.1, 0.15) is 11.2 Å². The van der Waals surface area contributed by atoms with Gasteiger partial charge in [0, 0.05) is 39.2 Å². The van der Waals surface area contributed by atoms with Gasteiger partial charge in [-0.15, -0.1) is 0 Å². The van der Waals surface area contributed by atoms with E-state index in [0.717, 1.165) is 17.6 Å². The van der Waals surface area contributed by atoms with Crippen molar-refractivity contribution in [2.45, 2.75) is 6.42 Å². The molecule has 9 aromatic carbocycles. The predicted octanol–water partition coefficient (Wildman–Crippen LogP) is 14.4. The second kappa shape index (κ2) is 12.8. The van der Waals surface area contributed by atoms with Crippen molar-refractivity contribution in [3.05, 3.63) is 211 Å². The first-order valence-electron chi connectivity index (χ1n) is 19.0. The summed E-state index contributed by atoms with van der Waals surface area (Å²) in [6, 6.07) is 72.4. The van der Waals surface area contributed by atoms with E-state index in [1.54, 1.807) is 0 Å². The van der Waals surface area contributed by atoms with Crippen LogP contribution in [0.2, 0.25) is 0 Å². The fourth-order valence-electron chi connectivity index (χ4n) is 8.62. The summed E-state index contributed by atoms with van der Waals surface area (Å²) in [5.41, 5.74) is 15.2. The molecule has 0 N–H and O–H groups in total. The fraction of sp³-hybridized carbons (Fsp3) is 0.0189. The molecule has 0 unspecified atom stereocenters. The standard InChI is InChI=1S/C53H35NO/c1-2-20-44(21-3-1)54-49-25-8-6-23-46(49)48-34-41(27-28-50(48)54)40-19-12-18-39(32-40)38-17-11-16-37(31-38)36-15-10-13-35(29-36)30-43-33-42-14-4-5-22-45(42)52-47-24-7-9-26-51(47)55-53(43)52/h1-29,31-34H,30H2. The fourth-order valence-corrected chi connectivity index (χ4v) is 8.62. The van der Waals surface area contributed by atoms with Gasteiger partial charge in [-0.3, -0.25) is 0 Å². The van der Waals surface area contributed by atoms with Crippen molar-refractivity contribution in [3.63, 3.8) is 0 Å². The molecule has 0 saturated heterocycles. The highest BCUT2D eigenvalue weighted by atomic mass is 16.3. The van der Waals surface area contributed by atoms with Gasteiger partial charge in [-0.1, -0.05) is 146 Å². The largest absolute Gasteiger partial charge is 0.456 e. The highest BCUT2D eigenvalue weighted by molar-refractivity contribution is 6.19. The number of rotatable bonds is 6.